The molecule has 4 nitrogen and oxygen atoms in total. The minimum absolute atomic E-state index is 0.329. The topological polar surface area (TPSA) is 89.3 Å². The molecule has 3 aromatic carbocycles. The second kappa shape index (κ2) is 7.09. The van der Waals surface area contributed by atoms with Gasteiger partial charge in [-0.2, -0.15) is 0 Å². The van der Waals surface area contributed by atoms with E-state index in [1.165, 1.54) is 0 Å². The summed E-state index contributed by atoms with van der Waals surface area (Å²) in [5.74, 6) is -0.918. The molecule has 3 aromatic rings. The van der Waals surface area contributed by atoms with Crippen molar-refractivity contribution in [2.45, 2.75) is 12.8 Å². The molecule has 0 aliphatic rings. The first-order chi connectivity index (χ1) is 12.0. The maximum absolute atomic E-state index is 11.7. The average molecular weight is 332 g/mol. The monoisotopic (exact) mass is 332 g/mol. The molecule has 4 heteroatoms. The van der Waals surface area contributed by atoms with Gasteiger partial charge in [0.1, 0.15) is 0 Å². The Morgan fingerprint density at radius 2 is 1.44 bits per heavy atom. The number of carboxylic acid groups (broad SMARTS) is 1. The molecule has 0 aliphatic heterocycles. The maximum atomic E-state index is 11.7. The van der Waals surface area contributed by atoms with E-state index < -0.39 is 5.97 Å². The maximum Gasteiger partial charge on any atom is 0.335 e. The van der Waals surface area contributed by atoms with Crippen LogP contribution in [0.3, 0.4) is 0 Å². The fourth-order valence-corrected chi connectivity index (χ4v) is 2.88. The van der Waals surface area contributed by atoms with Gasteiger partial charge in [0.15, 0.2) is 0 Å². The van der Waals surface area contributed by atoms with Crippen LogP contribution >= 0.6 is 0 Å². The largest absolute Gasteiger partial charge is 0.478 e. The summed E-state index contributed by atoms with van der Waals surface area (Å²) in [5.41, 5.74) is 17.0. The predicted octanol–water partition coefficient (Wildman–Crippen LogP) is 3.73. The molecular weight excluding hydrogens is 312 g/mol. The normalized spacial score (nSPS) is 10.6. The summed E-state index contributed by atoms with van der Waals surface area (Å²) in [6.45, 7) is 0. The Morgan fingerprint density at radius 1 is 0.760 bits per heavy atom. The molecule has 25 heavy (non-hydrogen) atoms. The van der Waals surface area contributed by atoms with Crippen LogP contribution in [0.2, 0.25) is 0 Å². The third-order valence-corrected chi connectivity index (χ3v) is 4.14. The van der Waals surface area contributed by atoms with Gasteiger partial charge < -0.3 is 16.6 Å². The summed E-state index contributed by atoms with van der Waals surface area (Å²) < 4.78 is 0. The van der Waals surface area contributed by atoms with Crippen LogP contribution in [0.15, 0.2) is 66.7 Å². The fraction of sp³-hybridized carbons (Fsp3) is 0.0952. The molecule has 0 fully saturated rings. The van der Waals surface area contributed by atoms with Crippen molar-refractivity contribution in [2.75, 3.05) is 11.5 Å². The minimum atomic E-state index is -0.918. The van der Waals surface area contributed by atoms with Gasteiger partial charge in [-0.1, -0.05) is 36.4 Å². The van der Waals surface area contributed by atoms with Crippen molar-refractivity contribution in [2.24, 2.45) is 0 Å². The number of carboxylic acids is 1. The molecule has 0 saturated carbocycles. The molecule has 0 amide bonds. The first-order valence-corrected chi connectivity index (χ1v) is 8.05. The molecular formula is C21H20N2O2. The fourth-order valence-electron chi connectivity index (χ4n) is 2.88. The van der Waals surface area contributed by atoms with Crippen molar-refractivity contribution in [3.8, 4) is 0 Å². The van der Waals surface area contributed by atoms with Crippen molar-refractivity contribution in [1.29, 1.82) is 0 Å². The van der Waals surface area contributed by atoms with Crippen molar-refractivity contribution in [1.82, 2.24) is 0 Å². The smallest absolute Gasteiger partial charge is 0.335 e. The lowest BCUT2D eigenvalue weighted by Gasteiger charge is -2.10. The van der Waals surface area contributed by atoms with Crippen LogP contribution in [-0.4, -0.2) is 11.1 Å². The van der Waals surface area contributed by atoms with Gasteiger partial charge in [-0.15, -0.1) is 0 Å². The lowest BCUT2D eigenvalue weighted by Crippen LogP contribution is -2.05. The summed E-state index contributed by atoms with van der Waals surface area (Å²) in [5, 5.41) is 9.58. The molecule has 0 heterocycles. The van der Waals surface area contributed by atoms with Crippen molar-refractivity contribution in [3.63, 3.8) is 0 Å². The second-order valence-corrected chi connectivity index (χ2v) is 6.14. The molecule has 0 radical (unpaired) electrons. The standard InChI is InChI=1S/C21H20N2O2/c22-18-8-5-14(6-9-18)10-16-4-7-17(20(13-16)21(24)25)11-15-2-1-3-19(23)12-15/h1-9,12-13H,10-11,22-23H2,(H,24,25). The number of hydrogen-bond donors (Lipinski definition) is 3. The van der Waals surface area contributed by atoms with Crippen molar-refractivity contribution in [3.05, 3.63) is 94.5 Å². The number of carbonyl (C=O) groups is 1. The van der Waals surface area contributed by atoms with E-state index in [1.54, 1.807) is 6.07 Å². The van der Waals surface area contributed by atoms with E-state index in [2.05, 4.69) is 0 Å². The Hall–Kier alpha value is -3.27. The zero-order valence-electron chi connectivity index (χ0n) is 13.8. The van der Waals surface area contributed by atoms with Crippen LogP contribution in [0.1, 0.15) is 32.6 Å². The van der Waals surface area contributed by atoms with Crippen LogP contribution in [0.4, 0.5) is 11.4 Å². The Balaban J connectivity index is 1.87. The minimum Gasteiger partial charge on any atom is -0.478 e. The lowest BCUT2D eigenvalue weighted by atomic mass is 9.95. The van der Waals surface area contributed by atoms with E-state index >= 15 is 0 Å². The van der Waals surface area contributed by atoms with Crippen molar-refractivity contribution < 1.29 is 9.90 Å². The van der Waals surface area contributed by atoms with E-state index in [0.29, 0.717) is 29.8 Å². The summed E-state index contributed by atoms with van der Waals surface area (Å²) in [7, 11) is 0. The summed E-state index contributed by atoms with van der Waals surface area (Å²) in [6, 6.07) is 20.7. The van der Waals surface area contributed by atoms with E-state index in [-0.39, 0.29) is 0 Å². The Bertz CT molecular complexity index is 902. The number of hydrogen-bond acceptors (Lipinski definition) is 3. The summed E-state index contributed by atoms with van der Waals surface area (Å²) >= 11 is 0. The quantitative estimate of drug-likeness (QED) is 0.621. The zero-order valence-corrected chi connectivity index (χ0v) is 13.8. The lowest BCUT2D eigenvalue weighted by molar-refractivity contribution is 0.0695. The van der Waals surface area contributed by atoms with E-state index in [9.17, 15) is 9.90 Å². The molecule has 0 aromatic heterocycles. The Morgan fingerprint density at radius 3 is 2.12 bits per heavy atom. The van der Waals surface area contributed by atoms with Crippen LogP contribution < -0.4 is 11.5 Å². The first kappa shape index (κ1) is 16.6. The van der Waals surface area contributed by atoms with Crippen LogP contribution in [0.25, 0.3) is 0 Å². The number of benzene rings is 3. The highest BCUT2D eigenvalue weighted by Crippen LogP contribution is 2.20. The van der Waals surface area contributed by atoms with Gasteiger partial charge in [0.25, 0.3) is 0 Å². The molecule has 0 unspecified atom stereocenters. The van der Waals surface area contributed by atoms with E-state index in [4.69, 9.17) is 11.5 Å². The van der Waals surface area contributed by atoms with Gasteiger partial charge in [0, 0.05) is 11.4 Å². The number of nitrogens with two attached hydrogens (primary N) is 2. The van der Waals surface area contributed by atoms with Crippen LogP contribution in [0, 0.1) is 0 Å². The zero-order chi connectivity index (χ0) is 17.8. The molecule has 0 spiro atoms. The van der Waals surface area contributed by atoms with Gasteiger partial charge in [-0.3, -0.25) is 0 Å². The third-order valence-electron chi connectivity index (χ3n) is 4.14. The van der Waals surface area contributed by atoms with Crippen molar-refractivity contribution >= 4 is 17.3 Å². The van der Waals surface area contributed by atoms with Gasteiger partial charge >= 0.3 is 5.97 Å². The molecule has 0 aliphatic carbocycles. The first-order valence-electron chi connectivity index (χ1n) is 8.05. The number of aromatic carboxylic acids is 1. The van der Waals surface area contributed by atoms with E-state index in [0.717, 1.165) is 22.3 Å². The average Bonchev–Trinajstić information content (AvgIpc) is 2.58. The Kier molecular flexibility index (Phi) is 4.70. The number of nitrogen functional groups attached to an aromatic ring is 2. The van der Waals surface area contributed by atoms with Crippen LogP contribution in [-0.2, 0) is 12.8 Å². The second-order valence-electron chi connectivity index (χ2n) is 6.14. The Labute approximate surface area is 146 Å². The molecule has 5 N–H and O–H groups in total. The summed E-state index contributed by atoms with van der Waals surface area (Å²) in [6.07, 6.45) is 1.20. The molecule has 0 bridgehead atoms. The SMILES string of the molecule is Nc1ccc(Cc2ccc(Cc3cccc(N)c3)c(C(=O)O)c2)cc1. The van der Waals surface area contributed by atoms with Crippen LogP contribution in [0.5, 0.6) is 0 Å². The molecule has 3 rings (SSSR count). The highest BCUT2D eigenvalue weighted by atomic mass is 16.4. The van der Waals surface area contributed by atoms with E-state index in [1.807, 2.05) is 60.7 Å². The van der Waals surface area contributed by atoms with Gasteiger partial charge in [-0.05, 0) is 65.4 Å². The highest BCUT2D eigenvalue weighted by Gasteiger charge is 2.12. The highest BCUT2D eigenvalue weighted by molar-refractivity contribution is 5.89. The van der Waals surface area contributed by atoms with Gasteiger partial charge in [0.05, 0.1) is 5.56 Å². The molecule has 126 valence electrons. The predicted molar refractivity (Wildman–Crippen MR) is 101 cm³/mol. The summed E-state index contributed by atoms with van der Waals surface area (Å²) in [4.78, 5) is 11.7. The molecule has 0 saturated heterocycles. The number of anilines is 2. The number of rotatable bonds is 5. The third kappa shape index (κ3) is 4.18. The van der Waals surface area contributed by atoms with Gasteiger partial charge in [-0.25, -0.2) is 4.79 Å². The molecule has 0 atom stereocenters. The van der Waals surface area contributed by atoms with Gasteiger partial charge in [0.2, 0.25) is 0 Å².